The van der Waals surface area contributed by atoms with Crippen LogP contribution in [0.4, 0.5) is 5.69 Å². The van der Waals surface area contributed by atoms with Crippen LogP contribution in [0.25, 0.3) is 0 Å². The van der Waals surface area contributed by atoms with Gasteiger partial charge in [-0.2, -0.15) is 5.10 Å². The summed E-state index contributed by atoms with van der Waals surface area (Å²) in [6.07, 6.45) is 1.35. The molecule has 0 unspecified atom stereocenters. The maximum absolute atomic E-state index is 10.9. The summed E-state index contributed by atoms with van der Waals surface area (Å²) >= 11 is 0. The molecular weight excluding hydrogens is 278 g/mol. The Morgan fingerprint density at radius 2 is 2.24 bits per heavy atom. The standard InChI is InChI=1S/C12H11N5O4/c1-7-9(17(19)20)3-2-4-10(7)21-12-8(11(13)16-18)5-6-14-15-12/h2-6,18H,1H3,(H2,13,16). The van der Waals surface area contributed by atoms with Gasteiger partial charge < -0.3 is 15.7 Å². The number of oxime groups is 1. The fourth-order valence-electron chi connectivity index (χ4n) is 1.66. The first-order valence-electron chi connectivity index (χ1n) is 5.76. The topological polar surface area (TPSA) is 137 Å². The Kier molecular flexibility index (Phi) is 3.93. The molecule has 3 N–H and O–H groups in total. The molecule has 0 radical (unpaired) electrons. The molecule has 0 saturated carbocycles. The average molecular weight is 289 g/mol. The van der Waals surface area contributed by atoms with Crippen molar-refractivity contribution < 1.29 is 14.9 Å². The monoisotopic (exact) mass is 289 g/mol. The highest BCUT2D eigenvalue weighted by molar-refractivity contribution is 5.98. The lowest BCUT2D eigenvalue weighted by Crippen LogP contribution is -2.15. The molecule has 0 bridgehead atoms. The summed E-state index contributed by atoms with van der Waals surface area (Å²) in [6, 6.07) is 5.85. The second-order valence-electron chi connectivity index (χ2n) is 3.99. The summed E-state index contributed by atoms with van der Waals surface area (Å²) < 4.78 is 5.50. The minimum Gasteiger partial charge on any atom is -0.436 e. The van der Waals surface area contributed by atoms with Crippen molar-refractivity contribution in [3.63, 3.8) is 0 Å². The van der Waals surface area contributed by atoms with Gasteiger partial charge >= 0.3 is 0 Å². The number of hydrogen-bond acceptors (Lipinski definition) is 7. The molecule has 0 aliphatic rings. The zero-order valence-electron chi connectivity index (χ0n) is 10.9. The molecule has 0 spiro atoms. The number of benzene rings is 1. The van der Waals surface area contributed by atoms with Crippen molar-refractivity contribution in [3.05, 3.63) is 51.7 Å². The van der Waals surface area contributed by atoms with E-state index in [2.05, 4.69) is 15.4 Å². The molecule has 2 rings (SSSR count). The second kappa shape index (κ2) is 5.82. The van der Waals surface area contributed by atoms with Crippen molar-refractivity contribution in [2.24, 2.45) is 10.9 Å². The number of rotatable bonds is 4. The van der Waals surface area contributed by atoms with Crippen LogP contribution in [0.15, 0.2) is 35.6 Å². The largest absolute Gasteiger partial charge is 0.436 e. The van der Waals surface area contributed by atoms with Crippen molar-refractivity contribution in [2.45, 2.75) is 6.92 Å². The van der Waals surface area contributed by atoms with E-state index in [1.807, 2.05) is 0 Å². The molecule has 0 atom stereocenters. The van der Waals surface area contributed by atoms with Crippen LogP contribution in [0.5, 0.6) is 11.6 Å². The highest BCUT2D eigenvalue weighted by Crippen LogP contribution is 2.31. The van der Waals surface area contributed by atoms with Crippen LogP contribution in [-0.4, -0.2) is 26.2 Å². The molecule has 0 aliphatic carbocycles. The Labute approximate surface area is 118 Å². The second-order valence-corrected chi connectivity index (χ2v) is 3.99. The quantitative estimate of drug-likeness (QED) is 0.286. The minimum atomic E-state index is -0.511. The number of nitrogens with two attached hydrogens (primary N) is 1. The van der Waals surface area contributed by atoms with E-state index in [-0.39, 0.29) is 28.7 Å². The van der Waals surface area contributed by atoms with Gasteiger partial charge in [-0.3, -0.25) is 10.1 Å². The maximum atomic E-state index is 10.9. The maximum Gasteiger partial charge on any atom is 0.276 e. The molecule has 21 heavy (non-hydrogen) atoms. The van der Waals surface area contributed by atoms with Gasteiger partial charge in [-0.25, -0.2) is 0 Å². The van der Waals surface area contributed by atoms with Crippen LogP contribution in [0.1, 0.15) is 11.1 Å². The molecule has 1 aromatic carbocycles. The zero-order valence-corrected chi connectivity index (χ0v) is 10.9. The smallest absolute Gasteiger partial charge is 0.276 e. The van der Waals surface area contributed by atoms with Crippen molar-refractivity contribution in [1.82, 2.24) is 10.2 Å². The molecule has 9 heteroatoms. The summed E-state index contributed by atoms with van der Waals surface area (Å²) in [5.41, 5.74) is 5.98. The first-order valence-corrected chi connectivity index (χ1v) is 5.76. The summed E-state index contributed by atoms with van der Waals surface area (Å²) in [6.45, 7) is 1.55. The number of amidine groups is 1. The van der Waals surface area contributed by atoms with E-state index in [0.29, 0.717) is 5.56 Å². The summed E-state index contributed by atoms with van der Waals surface area (Å²) in [4.78, 5) is 10.4. The van der Waals surface area contributed by atoms with Crippen LogP contribution in [-0.2, 0) is 0 Å². The molecule has 0 saturated heterocycles. The fourth-order valence-corrected chi connectivity index (χ4v) is 1.66. The summed E-state index contributed by atoms with van der Waals surface area (Å²) in [5, 5.41) is 29.9. The molecule has 108 valence electrons. The Morgan fingerprint density at radius 1 is 1.48 bits per heavy atom. The van der Waals surface area contributed by atoms with Crippen LogP contribution in [0, 0.1) is 17.0 Å². The number of aromatic nitrogens is 2. The third-order valence-electron chi connectivity index (χ3n) is 2.73. The van der Waals surface area contributed by atoms with E-state index in [4.69, 9.17) is 15.7 Å². The van der Waals surface area contributed by atoms with Gasteiger partial charge in [0, 0.05) is 6.07 Å². The normalized spacial score (nSPS) is 11.2. The summed E-state index contributed by atoms with van der Waals surface area (Å²) in [7, 11) is 0. The molecule has 1 aromatic heterocycles. The van der Waals surface area contributed by atoms with Gasteiger partial charge in [0.15, 0.2) is 5.84 Å². The minimum absolute atomic E-state index is 0.0172. The van der Waals surface area contributed by atoms with Gasteiger partial charge in [0.1, 0.15) is 5.75 Å². The predicted molar refractivity (Wildman–Crippen MR) is 72.5 cm³/mol. The van der Waals surface area contributed by atoms with Gasteiger partial charge in [-0.15, -0.1) is 5.10 Å². The van der Waals surface area contributed by atoms with Crippen LogP contribution >= 0.6 is 0 Å². The van der Waals surface area contributed by atoms with Gasteiger partial charge in [-0.05, 0) is 19.1 Å². The summed E-state index contributed by atoms with van der Waals surface area (Å²) in [5.74, 6) is 0.0103. The first kappa shape index (κ1) is 14.2. The third kappa shape index (κ3) is 2.86. The number of hydrogen-bond donors (Lipinski definition) is 2. The highest BCUT2D eigenvalue weighted by atomic mass is 16.6. The number of ether oxygens (including phenoxy) is 1. The Bertz CT molecular complexity index is 717. The van der Waals surface area contributed by atoms with Crippen LogP contribution < -0.4 is 10.5 Å². The lowest BCUT2D eigenvalue weighted by atomic mass is 10.2. The molecule has 0 aliphatic heterocycles. The van der Waals surface area contributed by atoms with Crippen molar-refractivity contribution in [3.8, 4) is 11.6 Å². The first-order chi connectivity index (χ1) is 10.0. The van der Waals surface area contributed by atoms with Gasteiger partial charge in [0.25, 0.3) is 5.69 Å². The van der Waals surface area contributed by atoms with E-state index >= 15 is 0 Å². The molecule has 0 amide bonds. The van der Waals surface area contributed by atoms with Gasteiger partial charge in [-0.1, -0.05) is 11.2 Å². The predicted octanol–water partition coefficient (Wildman–Crippen LogP) is 1.58. The number of nitro groups is 1. The van der Waals surface area contributed by atoms with E-state index < -0.39 is 4.92 Å². The van der Waals surface area contributed by atoms with Crippen molar-refractivity contribution in [1.29, 1.82) is 0 Å². The Hall–Kier alpha value is -3.23. The Morgan fingerprint density at radius 3 is 2.90 bits per heavy atom. The SMILES string of the molecule is Cc1c(Oc2nnccc2/C(N)=N/O)cccc1[N+](=O)[O-]. The van der Waals surface area contributed by atoms with Crippen LogP contribution in [0.2, 0.25) is 0 Å². The van der Waals surface area contributed by atoms with Gasteiger partial charge in [0.05, 0.1) is 22.2 Å². The highest BCUT2D eigenvalue weighted by Gasteiger charge is 2.17. The number of nitro benzene ring substituents is 1. The van der Waals surface area contributed by atoms with E-state index in [1.165, 1.54) is 24.4 Å². The van der Waals surface area contributed by atoms with E-state index in [0.717, 1.165) is 0 Å². The Balaban J connectivity index is 2.44. The third-order valence-corrected chi connectivity index (χ3v) is 2.73. The lowest BCUT2D eigenvalue weighted by Gasteiger charge is -2.10. The number of nitrogens with zero attached hydrogens (tertiary/aromatic N) is 4. The van der Waals surface area contributed by atoms with Crippen LogP contribution in [0.3, 0.4) is 0 Å². The molecule has 9 nitrogen and oxygen atoms in total. The fraction of sp³-hybridized carbons (Fsp3) is 0.0833. The molecular formula is C12H11N5O4. The molecule has 2 aromatic rings. The molecule has 1 heterocycles. The van der Waals surface area contributed by atoms with E-state index in [9.17, 15) is 10.1 Å². The van der Waals surface area contributed by atoms with Gasteiger partial charge in [0.2, 0.25) is 5.88 Å². The van der Waals surface area contributed by atoms with Crippen molar-refractivity contribution in [2.75, 3.05) is 0 Å². The lowest BCUT2D eigenvalue weighted by molar-refractivity contribution is -0.385. The van der Waals surface area contributed by atoms with Crippen molar-refractivity contribution >= 4 is 11.5 Å². The zero-order chi connectivity index (χ0) is 15.4. The average Bonchev–Trinajstić information content (AvgIpc) is 2.49. The van der Waals surface area contributed by atoms with E-state index in [1.54, 1.807) is 13.0 Å². The molecule has 0 fully saturated rings.